The van der Waals surface area contributed by atoms with Crippen LogP contribution in [0.2, 0.25) is 0 Å². The summed E-state index contributed by atoms with van der Waals surface area (Å²) in [5.74, 6) is 0.177. The SMILES string of the molecule is COc1ccc(C2CC2C(=O)NCc2ccc(C(=O)O)cc2)cc1. The Labute approximate surface area is 140 Å². The van der Waals surface area contributed by atoms with E-state index in [1.807, 2.05) is 24.3 Å². The molecule has 3 rings (SSSR count). The molecule has 0 aromatic heterocycles. The molecule has 0 radical (unpaired) electrons. The number of nitrogens with one attached hydrogen (secondary N) is 1. The largest absolute Gasteiger partial charge is 0.497 e. The van der Waals surface area contributed by atoms with E-state index >= 15 is 0 Å². The molecule has 2 unspecified atom stereocenters. The topological polar surface area (TPSA) is 75.6 Å². The predicted octanol–water partition coefficient (Wildman–Crippen LogP) is 2.81. The van der Waals surface area contributed by atoms with Crippen LogP contribution in [0.4, 0.5) is 0 Å². The number of carbonyl (C=O) groups is 2. The van der Waals surface area contributed by atoms with Crippen molar-refractivity contribution in [3.05, 3.63) is 65.2 Å². The lowest BCUT2D eigenvalue weighted by Gasteiger charge is -2.06. The van der Waals surface area contributed by atoms with Crippen molar-refractivity contribution in [2.45, 2.75) is 18.9 Å². The van der Waals surface area contributed by atoms with E-state index in [1.54, 1.807) is 31.4 Å². The molecule has 0 spiro atoms. The summed E-state index contributed by atoms with van der Waals surface area (Å²) >= 11 is 0. The van der Waals surface area contributed by atoms with Gasteiger partial charge in [-0.3, -0.25) is 4.79 Å². The van der Waals surface area contributed by atoms with E-state index in [2.05, 4.69) is 5.32 Å². The van der Waals surface area contributed by atoms with Crippen LogP contribution in [0, 0.1) is 5.92 Å². The van der Waals surface area contributed by atoms with E-state index in [9.17, 15) is 9.59 Å². The number of carboxylic acids is 1. The van der Waals surface area contributed by atoms with E-state index in [4.69, 9.17) is 9.84 Å². The van der Waals surface area contributed by atoms with Gasteiger partial charge in [-0.1, -0.05) is 24.3 Å². The fourth-order valence-electron chi connectivity index (χ4n) is 2.79. The molecule has 2 N–H and O–H groups in total. The first-order valence-corrected chi connectivity index (χ1v) is 7.82. The van der Waals surface area contributed by atoms with Crippen molar-refractivity contribution < 1.29 is 19.4 Å². The van der Waals surface area contributed by atoms with Crippen molar-refractivity contribution in [3.8, 4) is 5.75 Å². The molecule has 124 valence electrons. The van der Waals surface area contributed by atoms with Crippen molar-refractivity contribution >= 4 is 11.9 Å². The third-order valence-corrected chi connectivity index (χ3v) is 4.34. The molecule has 0 aliphatic heterocycles. The third-order valence-electron chi connectivity index (χ3n) is 4.34. The molecule has 0 saturated heterocycles. The molecule has 2 aromatic carbocycles. The zero-order chi connectivity index (χ0) is 17.1. The Morgan fingerprint density at radius 1 is 1.12 bits per heavy atom. The van der Waals surface area contributed by atoms with Gasteiger partial charge in [0.05, 0.1) is 12.7 Å². The second-order valence-corrected chi connectivity index (χ2v) is 5.94. The van der Waals surface area contributed by atoms with Crippen LogP contribution in [0.3, 0.4) is 0 Å². The maximum atomic E-state index is 12.2. The lowest BCUT2D eigenvalue weighted by Crippen LogP contribution is -2.24. The summed E-state index contributed by atoms with van der Waals surface area (Å²) in [7, 11) is 1.63. The van der Waals surface area contributed by atoms with Crippen LogP contribution in [0.5, 0.6) is 5.75 Å². The van der Waals surface area contributed by atoms with E-state index in [1.165, 1.54) is 0 Å². The predicted molar refractivity (Wildman–Crippen MR) is 89.1 cm³/mol. The Bertz CT molecular complexity index is 737. The van der Waals surface area contributed by atoms with Gasteiger partial charge in [-0.15, -0.1) is 0 Å². The number of amides is 1. The fourth-order valence-corrected chi connectivity index (χ4v) is 2.79. The van der Waals surface area contributed by atoms with Gasteiger partial charge in [0.15, 0.2) is 0 Å². The summed E-state index contributed by atoms with van der Waals surface area (Å²) < 4.78 is 5.14. The molecule has 1 aliphatic carbocycles. The molecular weight excluding hydrogens is 306 g/mol. The van der Waals surface area contributed by atoms with Crippen LogP contribution >= 0.6 is 0 Å². The third kappa shape index (κ3) is 3.56. The number of benzene rings is 2. The van der Waals surface area contributed by atoms with Crippen molar-refractivity contribution in [3.63, 3.8) is 0 Å². The van der Waals surface area contributed by atoms with Gasteiger partial charge in [-0.25, -0.2) is 4.79 Å². The van der Waals surface area contributed by atoms with E-state index in [0.717, 1.165) is 23.3 Å². The van der Waals surface area contributed by atoms with Crippen LogP contribution in [-0.2, 0) is 11.3 Å². The van der Waals surface area contributed by atoms with Crippen molar-refractivity contribution in [1.82, 2.24) is 5.32 Å². The molecule has 5 heteroatoms. The Morgan fingerprint density at radius 2 is 1.79 bits per heavy atom. The Morgan fingerprint density at radius 3 is 2.38 bits per heavy atom. The normalized spacial score (nSPS) is 18.7. The summed E-state index contributed by atoms with van der Waals surface area (Å²) in [5, 5.41) is 11.8. The second kappa shape index (κ2) is 6.74. The van der Waals surface area contributed by atoms with Crippen LogP contribution < -0.4 is 10.1 Å². The molecule has 2 atom stereocenters. The standard InChI is InChI=1S/C19H19NO4/c1-24-15-8-6-13(7-9-15)16-10-17(16)18(21)20-11-12-2-4-14(5-3-12)19(22)23/h2-9,16-17H,10-11H2,1H3,(H,20,21)(H,22,23). The molecule has 1 amide bonds. The molecule has 1 saturated carbocycles. The molecule has 5 nitrogen and oxygen atoms in total. The zero-order valence-electron chi connectivity index (χ0n) is 13.4. The molecule has 0 bridgehead atoms. The summed E-state index contributed by atoms with van der Waals surface area (Å²) in [6.07, 6.45) is 0.857. The number of aromatic carboxylic acids is 1. The molecule has 0 heterocycles. The Kier molecular flexibility index (Phi) is 4.51. The van der Waals surface area contributed by atoms with Crippen LogP contribution in [0.25, 0.3) is 0 Å². The van der Waals surface area contributed by atoms with Gasteiger partial charge >= 0.3 is 5.97 Å². The molecule has 2 aromatic rings. The highest BCUT2D eigenvalue weighted by Gasteiger charge is 2.43. The Hall–Kier alpha value is -2.82. The lowest BCUT2D eigenvalue weighted by molar-refractivity contribution is -0.122. The zero-order valence-corrected chi connectivity index (χ0v) is 13.4. The Balaban J connectivity index is 1.52. The number of hydrogen-bond acceptors (Lipinski definition) is 3. The number of carbonyl (C=O) groups excluding carboxylic acids is 1. The number of methoxy groups -OCH3 is 1. The number of carboxylic acid groups (broad SMARTS) is 1. The summed E-state index contributed by atoms with van der Waals surface area (Å²) in [6, 6.07) is 14.3. The number of ether oxygens (including phenoxy) is 1. The van der Waals surface area contributed by atoms with E-state index in [-0.39, 0.29) is 23.3 Å². The maximum absolute atomic E-state index is 12.2. The van der Waals surface area contributed by atoms with Crippen LogP contribution in [-0.4, -0.2) is 24.1 Å². The van der Waals surface area contributed by atoms with Crippen LogP contribution in [0.1, 0.15) is 33.8 Å². The minimum Gasteiger partial charge on any atom is -0.497 e. The molecule has 24 heavy (non-hydrogen) atoms. The van der Waals surface area contributed by atoms with Gasteiger partial charge < -0.3 is 15.2 Å². The van der Waals surface area contributed by atoms with Gasteiger partial charge in [0.2, 0.25) is 5.91 Å². The molecule has 1 aliphatic rings. The van der Waals surface area contributed by atoms with Gasteiger partial charge in [-0.2, -0.15) is 0 Å². The lowest BCUT2D eigenvalue weighted by atomic mass is 10.1. The van der Waals surface area contributed by atoms with Gasteiger partial charge in [0.25, 0.3) is 0 Å². The summed E-state index contributed by atoms with van der Waals surface area (Å²) in [4.78, 5) is 23.0. The maximum Gasteiger partial charge on any atom is 0.335 e. The van der Waals surface area contributed by atoms with Crippen LogP contribution in [0.15, 0.2) is 48.5 Å². The first kappa shape index (κ1) is 16.1. The highest BCUT2D eigenvalue weighted by Crippen LogP contribution is 2.47. The fraction of sp³-hybridized carbons (Fsp3) is 0.263. The monoisotopic (exact) mass is 325 g/mol. The van der Waals surface area contributed by atoms with Crippen molar-refractivity contribution in [1.29, 1.82) is 0 Å². The minimum absolute atomic E-state index is 0.0108. The summed E-state index contributed by atoms with van der Waals surface area (Å²) in [6.45, 7) is 0.407. The molecular formula is C19H19NO4. The summed E-state index contributed by atoms with van der Waals surface area (Å²) in [5.41, 5.74) is 2.28. The van der Waals surface area contributed by atoms with Crippen molar-refractivity contribution in [2.75, 3.05) is 7.11 Å². The average Bonchev–Trinajstić information content (AvgIpc) is 3.41. The number of rotatable bonds is 6. The quantitative estimate of drug-likeness (QED) is 0.856. The van der Waals surface area contributed by atoms with Gasteiger partial charge in [-0.05, 0) is 47.7 Å². The van der Waals surface area contributed by atoms with E-state index in [0.29, 0.717) is 6.54 Å². The highest BCUT2D eigenvalue weighted by molar-refractivity contribution is 5.87. The van der Waals surface area contributed by atoms with Crippen molar-refractivity contribution in [2.24, 2.45) is 5.92 Å². The highest BCUT2D eigenvalue weighted by atomic mass is 16.5. The van der Waals surface area contributed by atoms with Gasteiger partial charge in [0.1, 0.15) is 5.75 Å². The first-order valence-electron chi connectivity index (χ1n) is 7.82. The second-order valence-electron chi connectivity index (χ2n) is 5.94. The smallest absolute Gasteiger partial charge is 0.335 e. The molecule has 1 fully saturated rings. The first-order chi connectivity index (χ1) is 11.6. The number of hydrogen-bond donors (Lipinski definition) is 2. The minimum atomic E-state index is -0.953. The van der Waals surface area contributed by atoms with Gasteiger partial charge in [0, 0.05) is 12.5 Å². The van der Waals surface area contributed by atoms with E-state index < -0.39 is 5.97 Å². The average molecular weight is 325 g/mol.